The monoisotopic (exact) mass is 404 g/mol. The molecule has 0 aliphatic heterocycles. The van der Waals surface area contributed by atoms with Gasteiger partial charge in [0.1, 0.15) is 6.10 Å². The molecule has 0 heterocycles. The predicted molar refractivity (Wildman–Crippen MR) is 108 cm³/mol. The van der Waals surface area contributed by atoms with E-state index in [9.17, 15) is 25.2 Å². The number of ether oxygens (including phenoxy) is 2. The maximum absolute atomic E-state index is 11.4. The number of carbonyl (C=O) groups excluding carboxylic acids is 1. The summed E-state index contributed by atoms with van der Waals surface area (Å²) >= 11 is 0. The van der Waals surface area contributed by atoms with E-state index in [-0.39, 0.29) is 40.8 Å². The molecule has 2 aromatic rings. The van der Waals surface area contributed by atoms with Crippen molar-refractivity contribution in [1.82, 2.24) is 0 Å². The molecule has 0 amide bonds. The number of esters is 1. The van der Waals surface area contributed by atoms with E-state index in [1.165, 1.54) is 26.2 Å². The fraction of sp³-hybridized carbons (Fsp3) is 0.409. The van der Waals surface area contributed by atoms with Crippen LogP contribution in [0, 0.1) is 0 Å². The molecule has 0 bridgehead atoms. The van der Waals surface area contributed by atoms with Gasteiger partial charge < -0.3 is 29.9 Å². The van der Waals surface area contributed by atoms with Gasteiger partial charge in [0.25, 0.3) is 0 Å². The second-order valence-electron chi connectivity index (χ2n) is 7.00. The van der Waals surface area contributed by atoms with E-state index in [2.05, 4.69) is 0 Å². The van der Waals surface area contributed by atoms with Crippen molar-refractivity contribution in [2.24, 2.45) is 0 Å². The van der Waals surface area contributed by atoms with Crippen LogP contribution in [0.2, 0.25) is 0 Å². The van der Waals surface area contributed by atoms with Gasteiger partial charge in [-0.1, -0.05) is 6.07 Å². The van der Waals surface area contributed by atoms with Gasteiger partial charge in [0.15, 0.2) is 23.0 Å². The number of aryl methyl sites for hydroxylation is 2. The Morgan fingerprint density at radius 2 is 1.62 bits per heavy atom. The third-order valence-corrected chi connectivity index (χ3v) is 4.70. The summed E-state index contributed by atoms with van der Waals surface area (Å²) in [7, 11) is 1.41. The zero-order valence-corrected chi connectivity index (χ0v) is 16.7. The molecule has 7 heteroatoms. The summed E-state index contributed by atoms with van der Waals surface area (Å²) in [6.07, 6.45) is 3.96. The van der Waals surface area contributed by atoms with Crippen molar-refractivity contribution in [3.8, 4) is 28.7 Å². The lowest BCUT2D eigenvalue weighted by molar-refractivity contribution is -0.147. The minimum atomic E-state index is -0.343. The molecule has 0 aromatic heterocycles. The van der Waals surface area contributed by atoms with Gasteiger partial charge in [-0.15, -0.1) is 0 Å². The molecule has 0 radical (unpaired) electrons. The van der Waals surface area contributed by atoms with Gasteiger partial charge in [0, 0.05) is 6.92 Å². The van der Waals surface area contributed by atoms with Crippen molar-refractivity contribution < 1.29 is 34.7 Å². The third-order valence-electron chi connectivity index (χ3n) is 4.70. The molecule has 0 fully saturated rings. The summed E-state index contributed by atoms with van der Waals surface area (Å²) in [5.41, 5.74) is 1.70. The lowest BCUT2D eigenvalue weighted by Gasteiger charge is -2.17. The van der Waals surface area contributed by atoms with Crippen LogP contribution < -0.4 is 4.74 Å². The van der Waals surface area contributed by atoms with E-state index in [1.54, 1.807) is 18.2 Å². The van der Waals surface area contributed by atoms with Gasteiger partial charge in [-0.25, -0.2) is 0 Å². The summed E-state index contributed by atoms with van der Waals surface area (Å²) in [5, 5.41) is 38.4. The van der Waals surface area contributed by atoms with Gasteiger partial charge in [0.05, 0.1) is 7.11 Å². The van der Waals surface area contributed by atoms with Crippen molar-refractivity contribution in [3.63, 3.8) is 0 Å². The van der Waals surface area contributed by atoms with Crippen LogP contribution in [-0.4, -0.2) is 39.6 Å². The minimum Gasteiger partial charge on any atom is -0.504 e. The molecule has 2 aromatic carbocycles. The zero-order chi connectivity index (χ0) is 21.4. The fourth-order valence-electron chi connectivity index (χ4n) is 3.20. The predicted octanol–water partition coefficient (Wildman–Crippen LogP) is 3.79. The van der Waals surface area contributed by atoms with Crippen LogP contribution in [0.25, 0.3) is 0 Å². The molecule has 29 heavy (non-hydrogen) atoms. The first kappa shape index (κ1) is 22.2. The Labute approximate surface area is 170 Å². The summed E-state index contributed by atoms with van der Waals surface area (Å²) in [4.78, 5) is 11.4. The van der Waals surface area contributed by atoms with Crippen molar-refractivity contribution in [2.75, 3.05) is 7.11 Å². The topological polar surface area (TPSA) is 116 Å². The van der Waals surface area contributed by atoms with Crippen molar-refractivity contribution in [1.29, 1.82) is 0 Å². The Hall–Kier alpha value is -3.09. The number of carbonyl (C=O) groups is 1. The third kappa shape index (κ3) is 6.78. The first-order valence-corrected chi connectivity index (χ1v) is 9.57. The first-order valence-electron chi connectivity index (χ1n) is 9.57. The van der Waals surface area contributed by atoms with Gasteiger partial charge in [-0.3, -0.25) is 4.79 Å². The molecule has 0 unspecified atom stereocenters. The zero-order valence-electron chi connectivity index (χ0n) is 16.7. The molecule has 0 saturated heterocycles. The number of unbranched alkanes of at least 4 members (excludes halogenated alkanes) is 1. The molecule has 2 rings (SSSR count). The molecule has 0 saturated carbocycles. The molecule has 0 spiro atoms. The average molecular weight is 404 g/mol. The molecule has 7 nitrogen and oxygen atoms in total. The highest BCUT2D eigenvalue weighted by molar-refractivity contribution is 5.66. The van der Waals surface area contributed by atoms with Crippen molar-refractivity contribution in [3.05, 3.63) is 41.5 Å². The fourth-order valence-corrected chi connectivity index (χ4v) is 3.20. The molecular formula is C22H28O7. The molecule has 4 N–H and O–H groups in total. The van der Waals surface area contributed by atoms with Crippen LogP contribution in [0.15, 0.2) is 30.3 Å². The van der Waals surface area contributed by atoms with Crippen LogP contribution in [0.1, 0.15) is 43.7 Å². The number of aromatic hydroxyl groups is 4. The minimum absolute atomic E-state index is 0.132. The van der Waals surface area contributed by atoms with E-state index >= 15 is 0 Å². The van der Waals surface area contributed by atoms with Crippen LogP contribution in [-0.2, 0) is 22.4 Å². The molecule has 0 aliphatic carbocycles. The Morgan fingerprint density at radius 1 is 0.897 bits per heavy atom. The smallest absolute Gasteiger partial charge is 0.302 e. The molecule has 0 aliphatic rings. The van der Waals surface area contributed by atoms with Crippen LogP contribution in [0.3, 0.4) is 0 Å². The SMILES string of the molecule is COc1cc(CC[C@@H](CCCCc2ccc(O)c(O)c2)OC(C)=O)cc(O)c1O. The van der Waals surface area contributed by atoms with Crippen LogP contribution in [0.4, 0.5) is 0 Å². The number of hydrogen-bond donors (Lipinski definition) is 4. The standard InChI is InChI=1S/C22H28O7/c1-14(23)29-17(6-4-3-5-15-8-10-18(24)19(25)11-15)9-7-16-12-20(26)22(27)21(13-16)28-2/h8,10-13,17,24-27H,3-7,9H2,1-2H3/t17-/m1/s1. The maximum atomic E-state index is 11.4. The molecule has 158 valence electrons. The summed E-state index contributed by atoms with van der Waals surface area (Å²) < 4.78 is 10.5. The number of rotatable bonds is 10. The number of phenols is 4. The highest BCUT2D eigenvalue weighted by atomic mass is 16.5. The summed E-state index contributed by atoms with van der Waals surface area (Å²) in [5.74, 6) is -0.965. The van der Waals surface area contributed by atoms with E-state index in [0.717, 1.165) is 30.4 Å². The Morgan fingerprint density at radius 3 is 2.28 bits per heavy atom. The largest absolute Gasteiger partial charge is 0.504 e. The van der Waals surface area contributed by atoms with Gasteiger partial charge in [-0.05, 0) is 73.9 Å². The maximum Gasteiger partial charge on any atom is 0.302 e. The van der Waals surface area contributed by atoms with Crippen LogP contribution >= 0.6 is 0 Å². The number of methoxy groups -OCH3 is 1. The second-order valence-corrected chi connectivity index (χ2v) is 7.00. The normalized spacial score (nSPS) is 11.8. The van der Waals surface area contributed by atoms with Gasteiger partial charge in [-0.2, -0.15) is 0 Å². The quantitative estimate of drug-likeness (QED) is 0.270. The lowest BCUT2D eigenvalue weighted by atomic mass is 10.00. The highest BCUT2D eigenvalue weighted by Gasteiger charge is 2.15. The summed E-state index contributed by atoms with van der Waals surface area (Å²) in [6, 6.07) is 7.90. The number of hydrogen-bond acceptors (Lipinski definition) is 7. The van der Waals surface area contributed by atoms with E-state index in [0.29, 0.717) is 19.3 Å². The number of benzene rings is 2. The van der Waals surface area contributed by atoms with E-state index < -0.39 is 0 Å². The molecular weight excluding hydrogens is 376 g/mol. The van der Waals surface area contributed by atoms with Crippen molar-refractivity contribution in [2.45, 2.75) is 51.6 Å². The van der Waals surface area contributed by atoms with Gasteiger partial charge >= 0.3 is 5.97 Å². The average Bonchev–Trinajstić information content (AvgIpc) is 2.67. The van der Waals surface area contributed by atoms with E-state index in [1.807, 2.05) is 0 Å². The van der Waals surface area contributed by atoms with Gasteiger partial charge in [0.2, 0.25) is 5.75 Å². The van der Waals surface area contributed by atoms with Crippen molar-refractivity contribution >= 4 is 5.97 Å². The Bertz CT molecular complexity index is 832. The number of phenolic OH excluding ortho intramolecular Hbond substituents is 4. The molecule has 1 atom stereocenters. The lowest BCUT2D eigenvalue weighted by Crippen LogP contribution is -2.17. The highest BCUT2D eigenvalue weighted by Crippen LogP contribution is 2.36. The second kappa shape index (κ2) is 10.5. The van der Waals surface area contributed by atoms with Crippen LogP contribution in [0.5, 0.6) is 28.7 Å². The first-order chi connectivity index (χ1) is 13.8. The summed E-state index contributed by atoms with van der Waals surface area (Å²) in [6.45, 7) is 1.38. The Kier molecular flexibility index (Phi) is 8.00. The van der Waals surface area contributed by atoms with E-state index in [4.69, 9.17) is 9.47 Å². The Balaban J connectivity index is 1.88.